The van der Waals surface area contributed by atoms with Crippen LogP contribution in [0, 0.1) is 0 Å². The molecule has 0 radical (unpaired) electrons. The van der Waals surface area contributed by atoms with Gasteiger partial charge in [0.05, 0.1) is 12.2 Å². The summed E-state index contributed by atoms with van der Waals surface area (Å²) in [6, 6.07) is 0. The number of aryl methyl sites for hydroxylation is 1. The first kappa shape index (κ1) is 18.1. The lowest BCUT2D eigenvalue weighted by Crippen LogP contribution is -2.24. The van der Waals surface area contributed by atoms with Crippen LogP contribution in [0.4, 0.5) is 5.95 Å². The number of aromatic amines is 1. The van der Waals surface area contributed by atoms with Gasteiger partial charge in [0, 0.05) is 50.9 Å². The molecule has 0 fully saturated rings. The SMILES string of the molecule is CN(Cc1n[nH]c2c1CCCCC2)C(=O)C=Cc1cnc(N(C)C)nc1. The van der Waals surface area contributed by atoms with E-state index in [1.54, 1.807) is 36.5 Å². The van der Waals surface area contributed by atoms with Crippen LogP contribution in [0.2, 0.25) is 0 Å². The van der Waals surface area contributed by atoms with E-state index >= 15 is 0 Å². The van der Waals surface area contributed by atoms with Crippen molar-refractivity contribution in [3.8, 4) is 0 Å². The van der Waals surface area contributed by atoms with Gasteiger partial charge in [0.15, 0.2) is 0 Å². The minimum atomic E-state index is -0.0629. The van der Waals surface area contributed by atoms with Crippen LogP contribution in [0.15, 0.2) is 18.5 Å². The second-order valence-corrected chi connectivity index (χ2v) is 6.93. The Kier molecular flexibility index (Phi) is 5.65. The molecule has 7 heteroatoms. The number of carbonyl (C=O) groups is 1. The predicted molar refractivity (Wildman–Crippen MR) is 102 cm³/mol. The van der Waals surface area contributed by atoms with E-state index in [1.807, 2.05) is 19.0 Å². The van der Waals surface area contributed by atoms with Gasteiger partial charge >= 0.3 is 0 Å². The zero-order valence-corrected chi connectivity index (χ0v) is 15.7. The number of amides is 1. The van der Waals surface area contributed by atoms with Crippen molar-refractivity contribution in [2.75, 3.05) is 26.0 Å². The molecule has 1 amide bonds. The minimum absolute atomic E-state index is 0.0629. The van der Waals surface area contributed by atoms with E-state index in [4.69, 9.17) is 0 Å². The Morgan fingerprint density at radius 3 is 2.62 bits per heavy atom. The Balaban J connectivity index is 1.62. The lowest BCUT2D eigenvalue weighted by Gasteiger charge is -2.14. The van der Waals surface area contributed by atoms with E-state index in [0.717, 1.165) is 24.1 Å². The average Bonchev–Trinajstić information content (AvgIpc) is 2.86. The number of fused-ring (bicyclic) bond motifs is 1. The van der Waals surface area contributed by atoms with Crippen molar-refractivity contribution in [1.82, 2.24) is 25.1 Å². The molecule has 0 aromatic carbocycles. The number of anilines is 1. The lowest BCUT2D eigenvalue weighted by molar-refractivity contribution is -0.125. The molecule has 26 heavy (non-hydrogen) atoms. The number of carbonyl (C=O) groups excluding carboxylic acids is 1. The van der Waals surface area contributed by atoms with Crippen molar-refractivity contribution < 1.29 is 4.79 Å². The maximum Gasteiger partial charge on any atom is 0.246 e. The molecule has 0 bridgehead atoms. The Morgan fingerprint density at radius 1 is 1.15 bits per heavy atom. The van der Waals surface area contributed by atoms with Gasteiger partial charge in [0.25, 0.3) is 0 Å². The molecule has 1 aliphatic rings. The van der Waals surface area contributed by atoms with Gasteiger partial charge < -0.3 is 9.80 Å². The van der Waals surface area contributed by atoms with Crippen molar-refractivity contribution in [2.45, 2.75) is 38.6 Å². The average molecular weight is 354 g/mol. The Labute approximate surface area is 154 Å². The van der Waals surface area contributed by atoms with Gasteiger partial charge in [-0.15, -0.1) is 0 Å². The van der Waals surface area contributed by atoms with Gasteiger partial charge in [0.2, 0.25) is 11.9 Å². The number of likely N-dealkylation sites (N-methyl/N-ethyl adjacent to an activating group) is 1. The first-order valence-corrected chi connectivity index (χ1v) is 9.02. The monoisotopic (exact) mass is 354 g/mol. The number of nitrogens with one attached hydrogen (secondary N) is 1. The van der Waals surface area contributed by atoms with Crippen molar-refractivity contribution in [3.63, 3.8) is 0 Å². The van der Waals surface area contributed by atoms with Crippen LogP contribution >= 0.6 is 0 Å². The molecule has 0 saturated carbocycles. The van der Waals surface area contributed by atoms with Crippen LogP contribution in [-0.2, 0) is 24.2 Å². The third-order valence-corrected chi connectivity index (χ3v) is 4.63. The van der Waals surface area contributed by atoms with E-state index in [-0.39, 0.29) is 5.91 Å². The summed E-state index contributed by atoms with van der Waals surface area (Å²) in [5.74, 6) is 0.580. The Morgan fingerprint density at radius 2 is 1.88 bits per heavy atom. The van der Waals surface area contributed by atoms with Crippen molar-refractivity contribution in [2.24, 2.45) is 0 Å². The van der Waals surface area contributed by atoms with Gasteiger partial charge in [-0.3, -0.25) is 9.89 Å². The van der Waals surface area contributed by atoms with Crippen molar-refractivity contribution in [1.29, 1.82) is 0 Å². The van der Waals surface area contributed by atoms with Gasteiger partial charge in [-0.05, 0) is 37.3 Å². The number of aromatic nitrogens is 4. The van der Waals surface area contributed by atoms with Crippen molar-refractivity contribution in [3.05, 3.63) is 41.0 Å². The number of rotatable bonds is 5. The molecule has 1 aliphatic carbocycles. The van der Waals surface area contributed by atoms with E-state index in [0.29, 0.717) is 12.5 Å². The summed E-state index contributed by atoms with van der Waals surface area (Å²) < 4.78 is 0. The smallest absolute Gasteiger partial charge is 0.246 e. The highest BCUT2D eigenvalue weighted by Gasteiger charge is 2.17. The zero-order chi connectivity index (χ0) is 18.5. The maximum atomic E-state index is 12.4. The summed E-state index contributed by atoms with van der Waals surface area (Å²) in [7, 11) is 5.58. The molecule has 138 valence electrons. The first-order chi connectivity index (χ1) is 12.5. The van der Waals surface area contributed by atoms with E-state index in [2.05, 4.69) is 20.2 Å². The molecule has 2 aromatic rings. The van der Waals surface area contributed by atoms with Crippen LogP contribution in [-0.4, -0.2) is 52.1 Å². The molecular formula is C19H26N6O. The van der Waals surface area contributed by atoms with Crippen LogP contribution in [0.25, 0.3) is 6.08 Å². The molecule has 0 saturated heterocycles. The topological polar surface area (TPSA) is 78.0 Å². The fourth-order valence-corrected chi connectivity index (χ4v) is 3.10. The molecule has 1 N–H and O–H groups in total. The van der Waals surface area contributed by atoms with Crippen LogP contribution in [0.5, 0.6) is 0 Å². The highest BCUT2D eigenvalue weighted by molar-refractivity contribution is 5.91. The molecule has 0 atom stereocenters. The van der Waals surface area contributed by atoms with Gasteiger partial charge in [0.1, 0.15) is 0 Å². The quantitative estimate of drug-likeness (QED) is 0.658. The maximum absolute atomic E-state index is 12.4. The van der Waals surface area contributed by atoms with Crippen LogP contribution in [0.1, 0.15) is 41.8 Å². The van der Waals surface area contributed by atoms with Crippen LogP contribution < -0.4 is 4.90 Å². The molecule has 3 rings (SSSR count). The summed E-state index contributed by atoms with van der Waals surface area (Å²) >= 11 is 0. The molecule has 2 aromatic heterocycles. The van der Waals surface area contributed by atoms with Gasteiger partial charge in [-0.25, -0.2) is 9.97 Å². The summed E-state index contributed by atoms with van der Waals surface area (Å²) in [5, 5.41) is 7.59. The predicted octanol–water partition coefficient (Wildman–Crippen LogP) is 2.21. The van der Waals surface area contributed by atoms with Crippen LogP contribution in [0.3, 0.4) is 0 Å². The molecule has 0 spiro atoms. The largest absolute Gasteiger partial charge is 0.347 e. The Bertz CT molecular complexity index is 778. The number of hydrogen-bond acceptors (Lipinski definition) is 5. The highest BCUT2D eigenvalue weighted by Crippen LogP contribution is 2.22. The minimum Gasteiger partial charge on any atom is -0.347 e. The van der Waals surface area contributed by atoms with E-state index in [1.165, 1.54) is 30.5 Å². The second kappa shape index (κ2) is 8.12. The summed E-state index contributed by atoms with van der Waals surface area (Å²) in [6.07, 6.45) is 12.5. The first-order valence-electron chi connectivity index (χ1n) is 9.02. The number of H-pyrrole nitrogens is 1. The summed E-state index contributed by atoms with van der Waals surface area (Å²) in [5.41, 5.74) is 4.33. The molecule has 0 unspecified atom stereocenters. The highest BCUT2D eigenvalue weighted by atomic mass is 16.2. The second-order valence-electron chi connectivity index (χ2n) is 6.93. The van der Waals surface area contributed by atoms with E-state index in [9.17, 15) is 4.79 Å². The third-order valence-electron chi connectivity index (χ3n) is 4.63. The normalized spacial score (nSPS) is 14.1. The fourth-order valence-electron chi connectivity index (χ4n) is 3.10. The van der Waals surface area contributed by atoms with Crippen molar-refractivity contribution >= 4 is 17.9 Å². The van der Waals surface area contributed by atoms with E-state index < -0.39 is 0 Å². The summed E-state index contributed by atoms with van der Waals surface area (Å²) in [4.78, 5) is 24.4. The van der Waals surface area contributed by atoms with Gasteiger partial charge in [-0.2, -0.15) is 5.10 Å². The zero-order valence-electron chi connectivity index (χ0n) is 15.7. The molecule has 2 heterocycles. The number of nitrogens with zero attached hydrogens (tertiary/aromatic N) is 5. The molecular weight excluding hydrogens is 328 g/mol. The molecule has 0 aliphatic heterocycles. The number of hydrogen-bond donors (Lipinski definition) is 1. The Hall–Kier alpha value is -2.70. The fraction of sp³-hybridized carbons (Fsp3) is 0.474. The third kappa shape index (κ3) is 4.28. The summed E-state index contributed by atoms with van der Waals surface area (Å²) in [6.45, 7) is 0.519. The lowest BCUT2D eigenvalue weighted by atomic mass is 10.1. The van der Waals surface area contributed by atoms with Gasteiger partial charge in [-0.1, -0.05) is 6.42 Å². The standard InChI is InChI=1S/C19H26N6O/c1-24(2)19-20-11-14(12-21-19)9-10-18(26)25(3)13-17-15-7-5-4-6-8-16(15)22-23-17/h9-12H,4-8,13H2,1-3H3,(H,22,23). The molecule has 7 nitrogen and oxygen atoms in total.